The fraction of sp³-hybridized carbons (Fsp3) is 0.500. The third-order valence-corrected chi connectivity index (χ3v) is 2.64. The highest BCUT2D eigenvalue weighted by molar-refractivity contribution is 5.52. The molecule has 0 aliphatic carbocycles. The molecule has 4 nitrogen and oxygen atoms in total. The molecule has 1 aliphatic heterocycles. The van der Waals surface area contributed by atoms with Crippen LogP contribution in [-0.4, -0.2) is 13.9 Å². The zero-order chi connectivity index (χ0) is 12.5. The molecule has 0 bridgehead atoms. The summed E-state index contributed by atoms with van der Waals surface area (Å²) in [6, 6.07) is 3.44. The van der Waals surface area contributed by atoms with E-state index in [2.05, 4.69) is 5.48 Å². The van der Waals surface area contributed by atoms with E-state index in [1.807, 2.05) is 0 Å². The van der Waals surface area contributed by atoms with Crippen LogP contribution in [0.5, 0.6) is 11.5 Å². The van der Waals surface area contributed by atoms with Crippen LogP contribution in [0.2, 0.25) is 0 Å². The van der Waals surface area contributed by atoms with Crippen molar-refractivity contribution >= 4 is 0 Å². The minimum Gasteiger partial charge on any atom is -0.454 e. The summed E-state index contributed by atoms with van der Waals surface area (Å²) >= 11 is 0. The summed E-state index contributed by atoms with van der Waals surface area (Å²) in [7, 11) is 1.53. The molecule has 1 heterocycles. The van der Waals surface area contributed by atoms with Crippen LogP contribution in [0.4, 0.5) is 4.39 Å². The van der Waals surface area contributed by atoms with Gasteiger partial charge in [0.25, 0.3) is 0 Å². The van der Waals surface area contributed by atoms with Gasteiger partial charge in [0.2, 0.25) is 6.79 Å². The van der Waals surface area contributed by atoms with Gasteiger partial charge in [-0.25, -0.2) is 4.39 Å². The van der Waals surface area contributed by atoms with E-state index in [-0.39, 0.29) is 6.79 Å². The highest BCUT2D eigenvalue weighted by Gasteiger charge is 2.26. The Labute approximate surface area is 99.6 Å². The van der Waals surface area contributed by atoms with Crippen LogP contribution in [0.1, 0.15) is 25.0 Å². The minimum absolute atomic E-state index is 0.172. The van der Waals surface area contributed by atoms with Crippen LogP contribution >= 0.6 is 0 Å². The molecule has 1 aromatic carbocycles. The van der Waals surface area contributed by atoms with Crippen LogP contribution in [-0.2, 0) is 17.1 Å². The summed E-state index contributed by atoms with van der Waals surface area (Å²) in [5, 5.41) is 0. The number of hydrogen-bond acceptors (Lipinski definition) is 4. The quantitative estimate of drug-likeness (QED) is 0.821. The molecule has 0 saturated heterocycles. The molecule has 5 heteroatoms. The SMILES string of the molecule is CONCc1cc(C(C)(C)F)cc2c1OCO2. The van der Waals surface area contributed by atoms with Gasteiger partial charge in [0, 0.05) is 12.1 Å². The van der Waals surface area contributed by atoms with Crippen molar-refractivity contribution < 1.29 is 18.7 Å². The predicted molar refractivity (Wildman–Crippen MR) is 60.5 cm³/mol. The smallest absolute Gasteiger partial charge is 0.231 e. The summed E-state index contributed by atoms with van der Waals surface area (Å²) in [6.07, 6.45) is 0. The Hall–Kier alpha value is -1.33. The summed E-state index contributed by atoms with van der Waals surface area (Å²) in [4.78, 5) is 4.79. The van der Waals surface area contributed by atoms with Gasteiger partial charge in [0.15, 0.2) is 11.5 Å². The number of fused-ring (bicyclic) bond motifs is 1. The van der Waals surface area contributed by atoms with E-state index in [1.54, 1.807) is 12.1 Å². The second-order valence-corrected chi connectivity index (χ2v) is 4.37. The van der Waals surface area contributed by atoms with Crippen LogP contribution < -0.4 is 15.0 Å². The highest BCUT2D eigenvalue weighted by atomic mass is 19.1. The van der Waals surface area contributed by atoms with E-state index >= 15 is 0 Å². The first-order valence-electron chi connectivity index (χ1n) is 5.40. The van der Waals surface area contributed by atoms with Crippen molar-refractivity contribution in [2.24, 2.45) is 0 Å². The number of ether oxygens (including phenoxy) is 2. The van der Waals surface area contributed by atoms with Crippen molar-refractivity contribution in [1.82, 2.24) is 5.48 Å². The van der Waals surface area contributed by atoms with Crippen molar-refractivity contribution in [1.29, 1.82) is 0 Å². The largest absolute Gasteiger partial charge is 0.454 e. The van der Waals surface area contributed by atoms with E-state index in [9.17, 15) is 4.39 Å². The van der Waals surface area contributed by atoms with E-state index in [4.69, 9.17) is 14.3 Å². The second kappa shape index (κ2) is 4.50. The minimum atomic E-state index is -1.41. The molecule has 1 aromatic rings. The molecule has 0 fully saturated rings. The van der Waals surface area contributed by atoms with Gasteiger partial charge >= 0.3 is 0 Å². The monoisotopic (exact) mass is 241 g/mol. The highest BCUT2D eigenvalue weighted by Crippen LogP contribution is 2.40. The lowest BCUT2D eigenvalue weighted by atomic mass is 9.97. The fourth-order valence-corrected chi connectivity index (χ4v) is 1.71. The van der Waals surface area contributed by atoms with E-state index < -0.39 is 5.67 Å². The predicted octanol–water partition coefficient (Wildman–Crippen LogP) is 2.27. The standard InChI is InChI=1S/C12H16FNO3/c1-12(2,13)9-4-8(6-14-15-3)11-10(5-9)16-7-17-11/h4-5,14H,6-7H2,1-3H3. The Kier molecular flexibility index (Phi) is 3.22. The average molecular weight is 241 g/mol. The molecule has 0 unspecified atom stereocenters. The first-order valence-corrected chi connectivity index (χ1v) is 5.40. The Morgan fingerprint density at radius 2 is 2.18 bits per heavy atom. The number of hydrogen-bond donors (Lipinski definition) is 1. The molecule has 0 aromatic heterocycles. The molecule has 2 rings (SSSR count). The third kappa shape index (κ3) is 2.50. The normalized spacial score (nSPS) is 14.1. The lowest BCUT2D eigenvalue weighted by molar-refractivity contribution is 0.0857. The molecule has 1 N–H and O–H groups in total. The van der Waals surface area contributed by atoms with Crippen molar-refractivity contribution in [2.75, 3.05) is 13.9 Å². The first kappa shape index (κ1) is 12.1. The molecule has 0 spiro atoms. The maximum Gasteiger partial charge on any atom is 0.231 e. The molecule has 0 radical (unpaired) electrons. The molecular formula is C12H16FNO3. The maximum atomic E-state index is 13.9. The van der Waals surface area contributed by atoms with Crippen molar-refractivity contribution in [2.45, 2.75) is 26.1 Å². The molecule has 1 aliphatic rings. The van der Waals surface area contributed by atoms with E-state index in [0.717, 1.165) is 5.56 Å². The average Bonchev–Trinajstić information content (AvgIpc) is 2.72. The van der Waals surface area contributed by atoms with Crippen LogP contribution in [0.3, 0.4) is 0 Å². The van der Waals surface area contributed by atoms with Crippen LogP contribution in [0.25, 0.3) is 0 Å². The lowest BCUT2D eigenvalue weighted by Crippen LogP contribution is -2.14. The third-order valence-electron chi connectivity index (χ3n) is 2.64. The molecule has 0 saturated carbocycles. The summed E-state index contributed by atoms with van der Waals surface area (Å²) < 4.78 is 24.6. The van der Waals surface area contributed by atoms with Crippen LogP contribution in [0, 0.1) is 0 Å². The summed E-state index contributed by atoms with van der Waals surface area (Å²) in [5.41, 5.74) is 2.69. The molecule has 0 atom stereocenters. The zero-order valence-corrected chi connectivity index (χ0v) is 10.2. The Morgan fingerprint density at radius 1 is 1.41 bits per heavy atom. The number of alkyl halides is 1. The molecule has 94 valence electrons. The number of nitrogens with one attached hydrogen (secondary N) is 1. The number of rotatable bonds is 4. The van der Waals surface area contributed by atoms with Crippen molar-refractivity contribution in [3.8, 4) is 11.5 Å². The molecular weight excluding hydrogens is 225 g/mol. The van der Waals surface area contributed by atoms with Crippen molar-refractivity contribution in [3.63, 3.8) is 0 Å². The Bertz CT molecular complexity index is 415. The van der Waals surface area contributed by atoms with Gasteiger partial charge in [-0.2, -0.15) is 5.48 Å². The van der Waals surface area contributed by atoms with Crippen LogP contribution in [0.15, 0.2) is 12.1 Å². The topological polar surface area (TPSA) is 39.7 Å². The van der Waals surface area contributed by atoms with Crippen molar-refractivity contribution in [3.05, 3.63) is 23.3 Å². The second-order valence-electron chi connectivity index (χ2n) is 4.37. The van der Waals surface area contributed by atoms with Gasteiger partial charge in [-0.1, -0.05) is 0 Å². The molecule has 17 heavy (non-hydrogen) atoms. The van der Waals surface area contributed by atoms with E-state index in [1.165, 1.54) is 21.0 Å². The molecule has 0 amide bonds. The van der Waals surface area contributed by atoms with Gasteiger partial charge in [-0.05, 0) is 31.5 Å². The van der Waals surface area contributed by atoms with Gasteiger partial charge in [-0.3, -0.25) is 0 Å². The lowest BCUT2D eigenvalue weighted by Gasteiger charge is -2.17. The van der Waals surface area contributed by atoms with E-state index in [0.29, 0.717) is 23.6 Å². The Morgan fingerprint density at radius 3 is 2.82 bits per heavy atom. The number of hydroxylamine groups is 1. The number of halogens is 1. The van der Waals surface area contributed by atoms with Gasteiger partial charge in [0.1, 0.15) is 5.67 Å². The summed E-state index contributed by atoms with van der Waals surface area (Å²) in [5.74, 6) is 1.24. The van der Waals surface area contributed by atoms with Gasteiger partial charge < -0.3 is 14.3 Å². The fourth-order valence-electron chi connectivity index (χ4n) is 1.71. The zero-order valence-electron chi connectivity index (χ0n) is 10.2. The first-order chi connectivity index (χ1) is 8.02. The summed E-state index contributed by atoms with van der Waals surface area (Å²) in [6.45, 7) is 3.63. The maximum absolute atomic E-state index is 13.9. The number of benzene rings is 1. The Balaban J connectivity index is 2.39. The van der Waals surface area contributed by atoms with Gasteiger partial charge in [0.05, 0.1) is 7.11 Å². The van der Waals surface area contributed by atoms with Gasteiger partial charge in [-0.15, -0.1) is 0 Å².